The summed E-state index contributed by atoms with van der Waals surface area (Å²) in [6.45, 7) is 9.78. The number of unbranched alkanes of at least 4 members (excludes halogenated alkanes) is 1. The van der Waals surface area contributed by atoms with Crippen molar-refractivity contribution in [1.82, 2.24) is 73.6 Å². The van der Waals surface area contributed by atoms with Gasteiger partial charge in [0.25, 0.3) is 0 Å². The molecule has 3 heterocycles. The highest BCUT2D eigenvalue weighted by atomic mass is 16.3. The summed E-state index contributed by atoms with van der Waals surface area (Å²) in [6.07, 6.45) is -0.0441. The first kappa shape index (κ1) is 99.0. The second kappa shape index (κ2) is 51.6. The molecule has 3 aliphatic rings. The first-order valence-corrected chi connectivity index (χ1v) is 39.7. The van der Waals surface area contributed by atoms with Crippen LogP contribution in [0.4, 0.5) is 0 Å². The molecule has 0 aromatic carbocycles. The lowest BCUT2D eigenvalue weighted by atomic mass is 9.96. The molecule has 45 nitrogen and oxygen atoms in total. The molecule has 0 aromatic heterocycles. The number of nitrogens with zero attached hydrogens (tertiary/aromatic N) is 7. The molecule has 3 saturated heterocycles. The van der Waals surface area contributed by atoms with Gasteiger partial charge in [0.1, 0.15) is 72.5 Å². The molecule has 35 N–H and O–H groups in total. The lowest BCUT2D eigenvalue weighted by Gasteiger charge is -2.35. The van der Waals surface area contributed by atoms with Gasteiger partial charge in [-0.3, -0.25) is 92.1 Å². The van der Waals surface area contributed by atoms with Crippen LogP contribution >= 0.6 is 0 Å². The fourth-order valence-corrected chi connectivity index (χ4v) is 13.0. The van der Waals surface area contributed by atoms with E-state index >= 15 is 4.79 Å². The molecule has 15 atom stereocenters. The van der Waals surface area contributed by atoms with Crippen molar-refractivity contribution in [3.8, 4) is 0 Å². The molecule has 14 amide bonds. The average molecular weight is 1640 g/mol. The summed E-state index contributed by atoms with van der Waals surface area (Å²) in [4.78, 5) is 226. The van der Waals surface area contributed by atoms with Crippen molar-refractivity contribution in [3.05, 3.63) is 0 Å². The maximum absolute atomic E-state index is 15.0. The Morgan fingerprint density at radius 2 is 0.664 bits per heavy atom. The molecule has 3 fully saturated rings. The first-order chi connectivity index (χ1) is 54.8. The van der Waals surface area contributed by atoms with Crippen molar-refractivity contribution in [2.45, 2.75) is 249 Å². The van der Waals surface area contributed by atoms with Crippen LogP contribution in [-0.2, 0) is 67.1 Å². The summed E-state index contributed by atoms with van der Waals surface area (Å²) in [5.74, 6) is -15.5. The zero-order valence-corrected chi connectivity index (χ0v) is 67.9. The molecule has 0 bridgehead atoms. The highest BCUT2D eigenvalue weighted by Crippen LogP contribution is 2.28. The third-order valence-electron chi connectivity index (χ3n) is 19.9. The zero-order valence-electron chi connectivity index (χ0n) is 67.9. The van der Waals surface area contributed by atoms with Crippen molar-refractivity contribution >= 4 is 112 Å². The van der Waals surface area contributed by atoms with Gasteiger partial charge in [0.2, 0.25) is 82.7 Å². The Morgan fingerprint density at radius 1 is 0.362 bits per heavy atom. The molecule has 0 aliphatic carbocycles. The molecule has 654 valence electrons. The Bertz CT molecular complexity index is 3450. The van der Waals surface area contributed by atoms with Crippen molar-refractivity contribution < 1.29 is 72.2 Å². The number of aliphatic hydroxyl groups is 1. The zero-order chi connectivity index (χ0) is 86.9. The number of fused-ring (bicyclic) bond motifs is 2. The molecule has 116 heavy (non-hydrogen) atoms. The van der Waals surface area contributed by atoms with Crippen molar-refractivity contribution in [3.63, 3.8) is 0 Å². The predicted molar refractivity (Wildman–Crippen MR) is 433 cm³/mol. The van der Waals surface area contributed by atoms with Crippen LogP contribution in [-0.4, -0.2) is 271 Å². The van der Waals surface area contributed by atoms with E-state index in [1.807, 2.05) is 0 Å². The molecular formula is C71H130N30O15. The van der Waals surface area contributed by atoms with Crippen LogP contribution in [0.1, 0.15) is 170 Å². The third-order valence-corrected chi connectivity index (χ3v) is 19.9. The van der Waals surface area contributed by atoms with Gasteiger partial charge in [0, 0.05) is 45.8 Å². The molecule has 3 rings (SSSR count). The summed E-state index contributed by atoms with van der Waals surface area (Å²) < 4.78 is 0. The molecular weight excluding hydrogens is 1510 g/mol. The lowest BCUT2D eigenvalue weighted by molar-refractivity contribution is -0.148. The number of guanidine groups is 5. The van der Waals surface area contributed by atoms with Crippen molar-refractivity contribution in [2.24, 2.45) is 106 Å². The van der Waals surface area contributed by atoms with Gasteiger partial charge in [-0.25, -0.2) is 0 Å². The van der Waals surface area contributed by atoms with Gasteiger partial charge < -0.3 is 142 Å². The number of aliphatic imine (C=N–C) groups is 5. The number of hydrogen-bond acceptors (Lipinski definition) is 21. The first-order valence-electron chi connectivity index (χ1n) is 39.7. The van der Waals surface area contributed by atoms with E-state index in [4.69, 9.17) is 63.1 Å². The second-order valence-electron chi connectivity index (χ2n) is 29.5. The summed E-state index contributed by atoms with van der Waals surface area (Å²) in [6, 6.07) is -17.0. The highest BCUT2D eigenvalue weighted by Gasteiger charge is 2.46. The number of nitrogens with one attached hydrogen (secondary N) is 12. The average Bonchev–Trinajstić information content (AvgIpc) is 1.62. The van der Waals surface area contributed by atoms with Gasteiger partial charge in [-0.1, -0.05) is 54.4 Å². The molecule has 0 aromatic rings. The topological polar surface area (TPSA) is 758 Å². The van der Waals surface area contributed by atoms with Crippen LogP contribution in [0.5, 0.6) is 0 Å². The van der Waals surface area contributed by atoms with E-state index in [1.54, 1.807) is 41.5 Å². The summed E-state index contributed by atoms with van der Waals surface area (Å²) in [5, 5.41) is 42.3. The number of carbonyl (C=O) groups is 14. The van der Waals surface area contributed by atoms with Crippen molar-refractivity contribution in [2.75, 3.05) is 65.4 Å². The Kier molecular flexibility index (Phi) is 44.1. The molecule has 3 aliphatic heterocycles. The van der Waals surface area contributed by atoms with Crippen LogP contribution in [0.15, 0.2) is 25.0 Å². The number of nitrogens with two attached hydrogens (primary N) is 11. The predicted octanol–water partition coefficient (Wildman–Crippen LogP) is -9.41. The van der Waals surface area contributed by atoms with Gasteiger partial charge in [-0.15, -0.1) is 0 Å². The van der Waals surface area contributed by atoms with Crippen LogP contribution < -0.4 is 127 Å². The quantitative estimate of drug-likeness (QED) is 0.0180. The SMILES string of the molecule is CC[C@H](C)[C@@H]1NC(=O)[C@H](CCCN=C(N)N)NC(=O)[C@H](CCCN=C(N)N)NC(=O)[C@H](CCCCN)NC(=O)CNC(=O)[C@H](CCCN=C(N)N)NC(=O)[C@H]([C@@H](C)O)NC(=O)CNC(=O)[C@H](CCCN=C(N)N)NC(=O)[C@H]([C@@H](C)CC)NC(=O)[C@@H]2CCCN2C(=O)[C@H]2CCCN2C(=O)[C@H](C(C)C)NC(=O)[C@H](CCCN=C(N)N)NC1=O. The van der Waals surface area contributed by atoms with E-state index in [9.17, 15) is 67.4 Å². The Balaban J connectivity index is 2.30. The van der Waals surface area contributed by atoms with E-state index in [-0.39, 0.29) is 178 Å². The van der Waals surface area contributed by atoms with Gasteiger partial charge in [0.05, 0.1) is 19.2 Å². The van der Waals surface area contributed by atoms with Crippen LogP contribution in [0, 0.1) is 17.8 Å². The Hall–Kier alpha value is -11.1. The van der Waals surface area contributed by atoms with Gasteiger partial charge >= 0.3 is 0 Å². The van der Waals surface area contributed by atoms with Crippen LogP contribution in [0.3, 0.4) is 0 Å². The minimum atomic E-state index is -1.81. The van der Waals surface area contributed by atoms with Crippen LogP contribution in [0.2, 0.25) is 0 Å². The maximum Gasteiger partial charge on any atom is 0.246 e. The lowest BCUT2D eigenvalue weighted by Crippen LogP contribution is -2.62. The fourth-order valence-electron chi connectivity index (χ4n) is 13.0. The van der Waals surface area contributed by atoms with Crippen LogP contribution in [0.25, 0.3) is 0 Å². The molecule has 0 saturated carbocycles. The monoisotopic (exact) mass is 1640 g/mol. The number of hydrogen-bond donors (Lipinski definition) is 24. The number of amides is 14. The number of carbonyl (C=O) groups excluding carboxylic acids is 14. The fraction of sp³-hybridized carbons (Fsp3) is 0.732. The number of rotatable bonds is 30. The van der Waals surface area contributed by atoms with Gasteiger partial charge in [-0.05, 0) is 140 Å². The molecule has 0 spiro atoms. The minimum absolute atomic E-state index is 0.00885. The van der Waals surface area contributed by atoms with Crippen molar-refractivity contribution in [1.29, 1.82) is 0 Å². The molecule has 45 heteroatoms. The largest absolute Gasteiger partial charge is 0.391 e. The Labute approximate surface area is 676 Å². The van der Waals surface area contributed by atoms with E-state index in [2.05, 4.69) is 88.8 Å². The molecule has 0 radical (unpaired) electrons. The van der Waals surface area contributed by atoms with Gasteiger partial charge in [0.15, 0.2) is 29.8 Å². The summed E-state index contributed by atoms with van der Waals surface area (Å²) in [7, 11) is 0. The Morgan fingerprint density at radius 3 is 1.02 bits per heavy atom. The second-order valence-corrected chi connectivity index (χ2v) is 29.5. The third kappa shape index (κ3) is 34.9. The van der Waals surface area contributed by atoms with E-state index in [1.165, 1.54) is 9.80 Å². The normalized spacial score (nSPS) is 25.0. The summed E-state index contributed by atoms with van der Waals surface area (Å²) >= 11 is 0. The number of aliphatic hydroxyl groups excluding tert-OH is 1. The van der Waals surface area contributed by atoms with Gasteiger partial charge in [-0.2, -0.15) is 0 Å². The highest BCUT2D eigenvalue weighted by molar-refractivity contribution is 6.01. The minimum Gasteiger partial charge on any atom is -0.391 e. The summed E-state index contributed by atoms with van der Waals surface area (Å²) in [5.41, 5.74) is 61.9. The van der Waals surface area contributed by atoms with E-state index < -0.39 is 192 Å². The standard InChI is InChI=1S/C71H130N30O15/c1-8-38(5)52-62(112)95-46(24-16-32-87-71(81)82)59(109)97-51(37(3)4)66(116)101-34-18-26-48(101)65(115)100-33-17-25-47(100)61(111)99-53(39(6)9-2)63(113)93-41(20-12-28-83-67(73)74)55(105)89-36-50(104)96-54(40(7)102)64(114)94-42(21-13-29-84-68(75)76)56(106)88-35-49(103)90-43(19-10-11-27-72)57(107)91-44(22-14-30-85-69(77)78)58(108)92-45(60(110)98-52)23-15-31-86-70(79)80/h37-48,51-54,102H,8-36,72H2,1-7H3,(H,88,106)(H,89,105)(H,90,103)(H,91,107)(H,92,108)(H,93,113)(H,94,114)(H,95,112)(H,96,104)(H,97,109)(H,98,110)(H,99,111)(H4,73,74,83)(H4,75,76,84)(H4,77,78,85)(H4,79,80,86)(H4,81,82,87)/t38-,39-,40+,41-,42-,43-,44-,45-,46-,47-,48+,51-,52-,53-,54-/m0/s1. The van der Waals surface area contributed by atoms with E-state index in [0.717, 1.165) is 6.92 Å². The maximum atomic E-state index is 15.0. The van der Waals surface area contributed by atoms with E-state index in [0.29, 0.717) is 25.7 Å². The smallest absolute Gasteiger partial charge is 0.246 e. The molecule has 0 unspecified atom stereocenters.